The first-order chi connectivity index (χ1) is 12.2. The van der Waals surface area contributed by atoms with Crippen LogP contribution in [0.15, 0.2) is 59.5 Å². The molecule has 0 saturated carbocycles. The Balaban J connectivity index is 1.43. The summed E-state index contributed by atoms with van der Waals surface area (Å²) in [5, 5.41) is 1.89. The molecule has 1 heterocycles. The highest BCUT2D eigenvalue weighted by Crippen LogP contribution is 2.26. The maximum Gasteiger partial charge on any atom is 0.290 e. The van der Waals surface area contributed by atoms with Gasteiger partial charge >= 0.3 is 0 Å². The van der Waals surface area contributed by atoms with Gasteiger partial charge in [-0.05, 0) is 47.7 Å². The standard InChI is InChI=1S/C19H17NO4S/c21-18-17(25-19(22)20-18)13-14-7-9-16(10-8-14)24-12-4-11-23-15-5-2-1-3-6-15/h1-3,5-10,13H,4,11-12H2,(H,20,21,22). The van der Waals surface area contributed by atoms with Crippen LogP contribution in [0, 0.1) is 0 Å². The van der Waals surface area contributed by atoms with Crippen LogP contribution in [-0.4, -0.2) is 24.4 Å². The van der Waals surface area contributed by atoms with E-state index in [1.54, 1.807) is 6.08 Å². The van der Waals surface area contributed by atoms with Crippen molar-refractivity contribution in [3.8, 4) is 11.5 Å². The number of para-hydroxylation sites is 1. The predicted molar refractivity (Wildman–Crippen MR) is 97.6 cm³/mol. The van der Waals surface area contributed by atoms with E-state index in [1.165, 1.54) is 0 Å². The van der Waals surface area contributed by atoms with Crippen molar-refractivity contribution in [1.29, 1.82) is 0 Å². The second-order valence-corrected chi connectivity index (χ2v) is 6.30. The summed E-state index contributed by atoms with van der Waals surface area (Å²) in [7, 11) is 0. The van der Waals surface area contributed by atoms with Crippen molar-refractivity contribution in [3.63, 3.8) is 0 Å². The third-order valence-electron chi connectivity index (χ3n) is 3.39. The number of carbonyl (C=O) groups excluding carboxylic acids is 2. The first-order valence-corrected chi connectivity index (χ1v) is 8.68. The van der Waals surface area contributed by atoms with Crippen LogP contribution < -0.4 is 14.8 Å². The first kappa shape index (κ1) is 17.1. The molecule has 6 heteroatoms. The van der Waals surface area contributed by atoms with Gasteiger partial charge in [0.2, 0.25) is 0 Å². The molecule has 0 atom stereocenters. The van der Waals surface area contributed by atoms with Crippen LogP contribution in [0.25, 0.3) is 6.08 Å². The van der Waals surface area contributed by atoms with Gasteiger partial charge < -0.3 is 9.47 Å². The molecule has 128 valence electrons. The van der Waals surface area contributed by atoms with Gasteiger partial charge in [0, 0.05) is 6.42 Å². The lowest BCUT2D eigenvalue weighted by Gasteiger charge is -2.08. The summed E-state index contributed by atoms with van der Waals surface area (Å²) < 4.78 is 11.3. The van der Waals surface area contributed by atoms with Crippen LogP contribution in [0.1, 0.15) is 12.0 Å². The molecule has 1 saturated heterocycles. The normalized spacial score (nSPS) is 15.3. The number of imide groups is 1. The second-order valence-electron chi connectivity index (χ2n) is 5.28. The maximum atomic E-state index is 11.5. The summed E-state index contributed by atoms with van der Waals surface area (Å²) in [5.41, 5.74) is 0.840. The zero-order valence-electron chi connectivity index (χ0n) is 13.4. The van der Waals surface area contributed by atoms with Crippen molar-refractivity contribution in [2.45, 2.75) is 6.42 Å². The predicted octanol–water partition coefficient (Wildman–Crippen LogP) is 3.86. The van der Waals surface area contributed by atoms with E-state index < -0.39 is 0 Å². The third kappa shape index (κ3) is 5.12. The van der Waals surface area contributed by atoms with E-state index in [9.17, 15) is 9.59 Å². The minimum Gasteiger partial charge on any atom is -0.493 e. The number of hydrogen-bond donors (Lipinski definition) is 1. The largest absolute Gasteiger partial charge is 0.493 e. The maximum absolute atomic E-state index is 11.5. The Kier molecular flexibility index (Phi) is 5.74. The zero-order chi connectivity index (χ0) is 17.5. The average Bonchev–Trinajstić information content (AvgIpc) is 2.94. The summed E-state index contributed by atoms with van der Waals surface area (Å²) >= 11 is 0.907. The van der Waals surface area contributed by atoms with Gasteiger partial charge in [-0.15, -0.1) is 0 Å². The molecule has 2 aromatic rings. The van der Waals surface area contributed by atoms with E-state index in [2.05, 4.69) is 5.32 Å². The van der Waals surface area contributed by atoms with Crippen LogP contribution in [0.4, 0.5) is 4.79 Å². The van der Waals surface area contributed by atoms with Crippen molar-refractivity contribution in [3.05, 3.63) is 65.1 Å². The molecule has 1 aliphatic heterocycles. The molecule has 1 fully saturated rings. The number of nitrogens with one attached hydrogen (secondary N) is 1. The molecular weight excluding hydrogens is 338 g/mol. The number of carbonyl (C=O) groups is 2. The fourth-order valence-corrected chi connectivity index (χ4v) is 2.87. The van der Waals surface area contributed by atoms with E-state index in [1.807, 2.05) is 54.6 Å². The Morgan fingerprint density at radius 2 is 1.52 bits per heavy atom. The molecule has 1 aliphatic rings. The molecular formula is C19H17NO4S. The van der Waals surface area contributed by atoms with Gasteiger partial charge in [0.1, 0.15) is 11.5 Å². The van der Waals surface area contributed by atoms with E-state index in [0.717, 1.165) is 35.2 Å². The van der Waals surface area contributed by atoms with Gasteiger partial charge in [0.15, 0.2) is 0 Å². The summed E-state index contributed by atoms with van der Waals surface area (Å²) in [6, 6.07) is 17.0. The lowest BCUT2D eigenvalue weighted by atomic mass is 10.2. The van der Waals surface area contributed by atoms with Crippen LogP contribution >= 0.6 is 11.8 Å². The number of ether oxygens (including phenoxy) is 2. The van der Waals surface area contributed by atoms with Crippen molar-refractivity contribution in [2.24, 2.45) is 0 Å². The van der Waals surface area contributed by atoms with Gasteiger partial charge in [0.25, 0.3) is 11.1 Å². The van der Waals surface area contributed by atoms with E-state index in [-0.39, 0.29) is 11.1 Å². The molecule has 0 aliphatic carbocycles. The highest BCUT2D eigenvalue weighted by Gasteiger charge is 2.24. The lowest BCUT2D eigenvalue weighted by Crippen LogP contribution is -2.17. The summed E-state index contributed by atoms with van der Waals surface area (Å²) in [6.45, 7) is 1.15. The average molecular weight is 355 g/mol. The number of hydrogen-bond acceptors (Lipinski definition) is 5. The van der Waals surface area contributed by atoms with Crippen LogP contribution in [0.3, 0.4) is 0 Å². The zero-order valence-corrected chi connectivity index (χ0v) is 14.3. The highest BCUT2D eigenvalue weighted by atomic mass is 32.2. The van der Waals surface area contributed by atoms with Crippen LogP contribution in [0.5, 0.6) is 11.5 Å². The van der Waals surface area contributed by atoms with E-state index >= 15 is 0 Å². The van der Waals surface area contributed by atoms with Crippen molar-refractivity contribution >= 4 is 29.0 Å². The summed E-state index contributed by atoms with van der Waals surface area (Å²) in [4.78, 5) is 23.0. The van der Waals surface area contributed by atoms with Crippen molar-refractivity contribution < 1.29 is 19.1 Å². The number of amides is 2. The fraction of sp³-hybridized carbons (Fsp3) is 0.158. The molecule has 5 nitrogen and oxygen atoms in total. The third-order valence-corrected chi connectivity index (χ3v) is 4.20. The SMILES string of the molecule is O=C1NC(=O)C(=Cc2ccc(OCCCOc3ccccc3)cc2)S1. The van der Waals surface area contributed by atoms with E-state index in [0.29, 0.717) is 18.1 Å². The summed E-state index contributed by atoms with van der Waals surface area (Å²) in [5.74, 6) is 1.25. The van der Waals surface area contributed by atoms with Crippen LogP contribution in [0.2, 0.25) is 0 Å². The Morgan fingerprint density at radius 1 is 0.880 bits per heavy atom. The molecule has 0 radical (unpaired) electrons. The second kappa shape index (κ2) is 8.39. The molecule has 1 N–H and O–H groups in total. The van der Waals surface area contributed by atoms with Gasteiger partial charge in [-0.3, -0.25) is 14.9 Å². The van der Waals surface area contributed by atoms with Crippen molar-refractivity contribution in [1.82, 2.24) is 5.32 Å². The molecule has 0 aromatic heterocycles. The Morgan fingerprint density at radius 3 is 2.12 bits per heavy atom. The van der Waals surface area contributed by atoms with E-state index in [4.69, 9.17) is 9.47 Å². The monoisotopic (exact) mass is 355 g/mol. The lowest BCUT2D eigenvalue weighted by molar-refractivity contribution is -0.115. The summed E-state index contributed by atoms with van der Waals surface area (Å²) in [6.07, 6.45) is 2.46. The number of thioether (sulfide) groups is 1. The molecule has 0 spiro atoms. The molecule has 25 heavy (non-hydrogen) atoms. The Bertz CT molecular complexity index is 772. The first-order valence-electron chi connectivity index (χ1n) is 7.86. The quantitative estimate of drug-likeness (QED) is 0.603. The highest BCUT2D eigenvalue weighted by molar-refractivity contribution is 8.18. The molecule has 2 amide bonds. The molecule has 0 unspecified atom stereocenters. The number of benzene rings is 2. The van der Waals surface area contributed by atoms with Gasteiger partial charge in [-0.1, -0.05) is 30.3 Å². The Hall–Kier alpha value is -2.73. The fourth-order valence-electron chi connectivity index (χ4n) is 2.19. The minimum atomic E-state index is -0.353. The minimum absolute atomic E-state index is 0.339. The van der Waals surface area contributed by atoms with Crippen molar-refractivity contribution in [2.75, 3.05) is 13.2 Å². The van der Waals surface area contributed by atoms with Crippen LogP contribution in [-0.2, 0) is 4.79 Å². The number of rotatable bonds is 7. The molecule has 0 bridgehead atoms. The Labute approximate surface area is 150 Å². The molecule has 2 aromatic carbocycles. The van der Waals surface area contributed by atoms with Gasteiger partial charge in [-0.25, -0.2) is 0 Å². The van der Waals surface area contributed by atoms with Gasteiger partial charge in [0.05, 0.1) is 18.1 Å². The topological polar surface area (TPSA) is 64.6 Å². The van der Waals surface area contributed by atoms with Gasteiger partial charge in [-0.2, -0.15) is 0 Å². The molecule has 3 rings (SSSR count). The smallest absolute Gasteiger partial charge is 0.290 e.